The number of nitrogens with one attached hydrogen (secondary N) is 2. The lowest BCUT2D eigenvalue weighted by Crippen LogP contribution is -2.71. The number of likely N-dealkylation sites (N-methyl/N-ethyl adjacent to an activating group) is 1. The van der Waals surface area contributed by atoms with Crippen molar-refractivity contribution in [2.24, 2.45) is 5.16 Å². The minimum atomic E-state index is -1.87. The molecule has 0 saturated carbocycles. The van der Waals surface area contributed by atoms with Crippen LogP contribution in [0.3, 0.4) is 0 Å². The average molecular weight is 657 g/mol. The van der Waals surface area contributed by atoms with E-state index in [4.69, 9.17) is 9.57 Å². The van der Waals surface area contributed by atoms with Crippen molar-refractivity contribution in [1.82, 2.24) is 15.2 Å². The second-order valence-electron chi connectivity index (χ2n) is 11.1. The summed E-state index contributed by atoms with van der Waals surface area (Å²) >= 11 is 2.27. The van der Waals surface area contributed by atoms with Crippen molar-refractivity contribution in [2.75, 3.05) is 44.9 Å². The molecule has 4 aliphatic heterocycles. The number of β-lactam (4-membered cyclic amide) rings is 1. The minimum Gasteiger partial charge on any atom is -0.543 e. The highest BCUT2D eigenvalue weighted by atomic mass is 32.2. The lowest BCUT2D eigenvalue weighted by atomic mass is 9.98. The smallest absolute Gasteiger partial charge is 0.335 e. The van der Waals surface area contributed by atoms with Crippen LogP contribution in [0.4, 0.5) is 5.13 Å². The lowest BCUT2D eigenvalue weighted by molar-refractivity contribution is -0.893. The highest BCUT2D eigenvalue weighted by molar-refractivity contribution is 8.00. The second kappa shape index (κ2) is 12.6. The molecule has 0 aliphatic carbocycles. The van der Waals surface area contributed by atoms with Gasteiger partial charge in [0, 0.05) is 29.5 Å². The molecule has 0 spiro atoms. The number of aliphatic hydroxyl groups excluding tert-OH is 3. The normalized spacial score (nSPS) is 31.7. The molecule has 6 N–H and O–H groups in total. The van der Waals surface area contributed by atoms with E-state index < -0.39 is 65.8 Å². The van der Waals surface area contributed by atoms with E-state index in [1.54, 1.807) is 0 Å². The molecule has 240 valence electrons. The van der Waals surface area contributed by atoms with Gasteiger partial charge >= 0.3 is 5.97 Å². The third kappa shape index (κ3) is 6.00. The molecular weight excluding hydrogens is 624 g/mol. The molecule has 5 unspecified atom stereocenters. The molecule has 1 aromatic rings. The first-order valence-electron chi connectivity index (χ1n) is 13.6. The fraction of sp³-hybridized carbons (Fsp3) is 0.600. The van der Waals surface area contributed by atoms with Gasteiger partial charge in [0.25, 0.3) is 11.8 Å². The van der Waals surface area contributed by atoms with Gasteiger partial charge in [0.15, 0.2) is 23.2 Å². The number of nitrogens with zero attached hydrogens (tertiary/aromatic N) is 4. The zero-order chi connectivity index (χ0) is 31.9. The van der Waals surface area contributed by atoms with Gasteiger partial charge in [-0.15, -0.1) is 23.1 Å². The number of fused-ring (bicyclic) bond motifs is 1. The molecule has 4 aliphatic rings. The van der Waals surface area contributed by atoms with E-state index in [0.717, 1.165) is 42.2 Å². The van der Waals surface area contributed by atoms with Crippen LogP contribution in [0.25, 0.3) is 0 Å². The Bertz CT molecular complexity index is 1400. The fourth-order valence-corrected chi connectivity index (χ4v) is 7.85. The molecular formula is C25H32N6O11S2. The Kier molecular flexibility index (Phi) is 9.17. The Balaban J connectivity index is 1.27. The SMILES string of the molecule is CO/N=C(\C(=O)N[C@@H]1C(=O)N2C(C(=O)[O-])=C(C[N+]3(C)CCCC3)CS[C@H]12)c1csc(NC2OC(C(=O)O)C(O)C(O)C2O)n1. The number of thioether (sulfide) groups is 1. The number of anilines is 1. The van der Waals surface area contributed by atoms with Crippen molar-refractivity contribution in [3.63, 3.8) is 0 Å². The zero-order valence-electron chi connectivity index (χ0n) is 23.6. The summed E-state index contributed by atoms with van der Waals surface area (Å²) in [7, 11) is 3.25. The van der Waals surface area contributed by atoms with Crippen LogP contribution < -0.4 is 15.7 Å². The van der Waals surface area contributed by atoms with Crippen LogP contribution in [0.1, 0.15) is 18.5 Å². The first kappa shape index (κ1) is 32.1. The molecule has 3 fully saturated rings. The first-order chi connectivity index (χ1) is 20.8. The van der Waals surface area contributed by atoms with Crippen molar-refractivity contribution < 1.29 is 58.8 Å². The summed E-state index contributed by atoms with van der Waals surface area (Å²) in [4.78, 5) is 60.1. The van der Waals surface area contributed by atoms with Crippen LogP contribution in [-0.4, -0.2) is 146 Å². The maximum Gasteiger partial charge on any atom is 0.335 e. The molecule has 0 radical (unpaired) electrons. The predicted molar refractivity (Wildman–Crippen MR) is 151 cm³/mol. The highest BCUT2D eigenvalue weighted by Gasteiger charge is 2.54. The molecule has 5 rings (SSSR count). The molecule has 0 bridgehead atoms. The number of amides is 2. The molecule has 44 heavy (non-hydrogen) atoms. The van der Waals surface area contributed by atoms with E-state index in [2.05, 4.69) is 27.8 Å². The number of oxime groups is 1. The molecule has 17 nitrogen and oxygen atoms in total. The molecule has 1 aromatic heterocycles. The molecule has 7 atom stereocenters. The standard InChI is InChI=1S/C25H32N6O11S2/c1-31(5-3-4-6-31)7-10-8-43-22-13(21(36)30(22)14(10)23(37)38)27-19(35)12(29-41-2)11-9-44-25(26-11)28-20-17(34)15(32)16(33)18(42-20)24(39)40/h9,13,15-18,20,22,32-34H,3-8H2,1-2H3,(H3-,26,27,28,35,37,38,39,40)/b29-12-/t13-,15?,16?,17?,18?,20?,22-/m1/s1. The van der Waals surface area contributed by atoms with Crippen molar-refractivity contribution in [3.8, 4) is 0 Å². The van der Waals surface area contributed by atoms with Gasteiger partial charge in [-0.05, 0) is 0 Å². The number of thiazole rings is 1. The number of aliphatic carboxylic acids is 2. The number of hydrogen-bond donors (Lipinski definition) is 6. The number of carboxylic acids is 2. The summed E-state index contributed by atoms with van der Waals surface area (Å²) in [6, 6.07) is -1.05. The largest absolute Gasteiger partial charge is 0.543 e. The molecule has 19 heteroatoms. The number of hydrogen-bond acceptors (Lipinski definition) is 15. The van der Waals surface area contributed by atoms with Crippen LogP contribution in [0.5, 0.6) is 0 Å². The van der Waals surface area contributed by atoms with Gasteiger partial charge < -0.3 is 55.0 Å². The third-order valence-electron chi connectivity index (χ3n) is 8.01. The predicted octanol–water partition coefficient (Wildman–Crippen LogP) is -3.56. The number of carbonyl (C=O) groups is 4. The number of aliphatic hydroxyl groups is 3. The molecule has 2 amide bonds. The van der Waals surface area contributed by atoms with Crippen LogP contribution >= 0.6 is 23.1 Å². The number of carboxylic acid groups (broad SMARTS) is 2. The Morgan fingerprint density at radius 1 is 1.23 bits per heavy atom. The number of likely N-dealkylation sites (tertiary alicyclic amines) is 1. The van der Waals surface area contributed by atoms with Crippen molar-refractivity contribution >= 4 is 57.7 Å². The number of rotatable bonds is 10. The van der Waals surface area contributed by atoms with Crippen molar-refractivity contribution in [1.29, 1.82) is 0 Å². The summed E-state index contributed by atoms with van der Waals surface area (Å²) in [6.45, 7) is 2.33. The van der Waals surface area contributed by atoms with Crippen molar-refractivity contribution in [2.45, 2.75) is 54.9 Å². The van der Waals surface area contributed by atoms with Gasteiger partial charge in [-0.1, -0.05) is 5.16 Å². The van der Waals surface area contributed by atoms with Crippen LogP contribution in [0, 0.1) is 0 Å². The Labute approximate surface area is 258 Å². The monoisotopic (exact) mass is 656 g/mol. The van der Waals surface area contributed by atoms with Crippen LogP contribution in [-0.2, 0) is 28.8 Å². The summed E-state index contributed by atoms with van der Waals surface area (Å²) in [5.41, 5.74) is 0.140. The first-order valence-corrected chi connectivity index (χ1v) is 15.6. The summed E-state index contributed by atoms with van der Waals surface area (Å²) in [5, 5.41) is 61.3. The summed E-state index contributed by atoms with van der Waals surface area (Å²) in [5.74, 6) is -4.07. The maximum absolute atomic E-state index is 13.3. The lowest BCUT2D eigenvalue weighted by Gasteiger charge is -2.51. The minimum absolute atomic E-state index is 0.0161. The van der Waals surface area contributed by atoms with Crippen LogP contribution in [0.15, 0.2) is 21.8 Å². The van der Waals surface area contributed by atoms with Gasteiger partial charge in [0.05, 0.1) is 31.8 Å². The summed E-state index contributed by atoms with van der Waals surface area (Å²) < 4.78 is 5.88. The van der Waals surface area contributed by atoms with Crippen LogP contribution in [0.2, 0.25) is 0 Å². The molecule has 3 saturated heterocycles. The van der Waals surface area contributed by atoms with Crippen molar-refractivity contribution in [3.05, 3.63) is 22.3 Å². The molecule has 0 aromatic carbocycles. The maximum atomic E-state index is 13.3. The van der Waals surface area contributed by atoms with Gasteiger partial charge in [-0.25, -0.2) is 9.78 Å². The van der Waals surface area contributed by atoms with Gasteiger partial charge in [0.1, 0.15) is 49.1 Å². The third-order valence-corrected chi connectivity index (χ3v) is 10.1. The topological polar surface area (TPSA) is 243 Å². The van der Waals surface area contributed by atoms with E-state index in [-0.39, 0.29) is 22.2 Å². The second-order valence-corrected chi connectivity index (χ2v) is 13.1. The quantitative estimate of drug-likeness (QED) is 0.0618. The van der Waals surface area contributed by atoms with Gasteiger partial charge in [0.2, 0.25) is 0 Å². The van der Waals surface area contributed by atoms with E-state index in [9.17, 15) is 44.7 Å². The Morgan fingerprint density at radius 2 is 1.93 bits per heavy atom. The van der Waals surface area contributed by atoms with Gasteiger partial charge in [-0.2, -0.15) is 0 Å². The van der Waals surface area contributed by atoms with E-state index in [1.807, 2.05) is 0 Å². The zero-order valence-corrected chi connectivity index (χ0v) is 25.2. The number of quaternary nitrogens is 1. The van der Waals surface area contributed by atoms with E-state index >= 15 is 0 Å². The fourth-order valence-electron chi connectivity index (χ4n) is 5.79. The number of ether oxygens (including phenoxy) is 1. The van der Waals surface area contributed by atoms with E-state index in [1.165, 1.54) is 24.3 Å². The van der Waals surface area contributed by atoms with E-state index in [0.29, 0.717) is 22.4 Å². The Morgan fingerprint density at radius 3 is 2.57 bits per heavy atom. The number of aromatic nitrogens is 1. The average Bonchev–Trinajstić information content (AvgIpc) is 3.63. The Hall–Kier alpha value is -3.33. The van der Waals surface area contributed by atoms with Gasteiger partial charge in [-0.3, -0.25) is 14.5 Å². The highest BCUT2D eigenvalue weighted by Crippen LogP contribution is 2.41. The number of carbonyl (C=O) groups excluding carboxylic acids is 3. The molecule has 5 heterocycles. The summed E-state index contributed by atoms with van der Waals surface area (Å²) in [6.07, 6.45) is -6.62.